The summed E-state index contributed by atoms with van der Waals surface area (Å²) >= 11 is 0. The van der Waals surface area contributed by atoms with E-state index in [-0.39, 0.29) is 0 Å². The lowest BCUT2D eigenvalue weighted by Crippen LogP contribution is -2.31. The predicted octanol–water partition coefficient (Wildman–Crippen LogP) is 1.86. The number of rotatable bonds is 5. The minimum absolute atomic E-state index is 0.451. The standard InChI is InChI=1S/C18H26N6/c1-14(2)17-7-18(21-12-20-17)24-10-15-8-23(9-16(15)11-24)6-5-22-4-3-19-13-22/h3-4,7,12-16H,5-6,8-11H2,1-2H3. The Morgan fingerprint density at radius 1 is 1.08 bits per heavy atom. The Labute approximate surface area is 143 Å². The Morgan fingerprint density at radius 3 is 2.54 bits per heavy atom. The molecule has 0 saturated carbocycles. The van der Waals surface area contributed by atoms with Gasteiger partial charge in [0.1, 0.15) is 12.1 Å². The second-order valence-corrected chi connectivity index (χ2v) is 7.44. The van der Waals surface area contributed by atoms with Crippen LogP contribution in [0.15, 0.2) is 31.1 Å². The van der Waals surface area contributed by atoms with Crippen molar-refractivity contribution in [3.8, 4) is 0 Å². The minimum Gasteiger partial charge on any atom is -0.356 e. The molecule has 2 saturated heterocycles. The molecule has 2 aromatic rings. The van der Waals surface area contributed by atoms with Crippen LogP contribution in [0, 0.1) is 11.8 Å². The lowest BCUT2D eigenvalue weighted by molar-refractivity contribution is 0.302. The van der Waals surface area contributed by atoms with Gasteiger partial charge in [-0.2, -0.15) is 0 Å². The molecular formula is C18H26N6. The summed E-state index contributed by atoms with van der Waals surface area (Å²) in [4.78, 5) is 18.1. The molecule has 4 rings (SSSR count). The highest BCUT2D eigenvalue weighted by molar-refractivity contribution is 5.41. The molecule has 2 atom stereocenters. The van der Waals surface area contributed by atoms with Gasteiger partial charge < -0.3 is 14.4 Å². The van der Waals surface area contributed by atoms with E-state index in [1.54, 1.807) is 6.33 Å². The van der Waals surface area contributed by atoms with E-state index >= 15 is 0 Å². The summed E-state index contributed by atoms with van der Waals surface area (Å²) in [5.41, 5.74) is 1.14. The number of hydrogen-bond donors (Lipinski definition) is 0. The molecule has 6 heteroatoms. The number of imidazole rings is 1. The number of aromatic nitrogens is 4. The van der Waals surface area contributed by atoms with Crippen molar-refractivity contribution in [1.29, 1.82) is 0 Å². The van der Waals surface area contributed by atoms with Crippen LogP contribution in [0.5, 0.6) is 0 Å². The summed E-state index contributed by atoms with van der Waals surface area (Å²) in [6, 6.07) is 2.17. The highest BCUT2D eigenvalue weighted by Gasteiger charge is 2.40. The van der Waals surface area contributed by atoms with E-state index in [1.807, 2.05) is 18.7 Å². The van der Waals surface area contributed by atoms with Crippen LogP contribution < -0.4 is 4.90 Å². The highest BCUT2D eigenvalue weighted by Crippen LogP contribution is 2.33. The molecule has 0 N–H and O–H groups in total. The van der Waals surface area contributed by atoms with Crippen LogP contribution >= 0.6 is 0 Å². The Bertz CT molecular complexity index is 654. The van der Waals surface area contributed by atoms with E-state index in [0.29, 0.717) is 5.92 Å². The van der Waals surface area contributed by atoms with Crippen molar-refractivity contribution in [2.24, 2.45) is 11.8 Å². The van der Waals surface area contributed by atoms with E-state index in [9.17, 15) is 0 Å². The fourth-order valence-electron chi connectivity index (χ4n) is 3.99. The summed E-state index contributed by atoms with van der Waals surface area (Å²) in [6.07, 6.45) is 7.51. The average molecular weight is 326 g/mol. The summed E-state index contributed by atoms with van der Waals surface area (Å²) in [5, 5.41) is 0. The van der Waals surface area contributed by atoms with Crippen molar-refractivity contribution in [3.05, 3.63) is 36.8 Å². The minimum atomic E-state index is 0.451. The second-order valence-electron chi connectivity index (χ2n) is 7.44. The first kappa shape index (κ1) is 15.6. The largest absolute Gasteiger partial charge is 0.356 e. The molecule has 6 nitrogen and oxygen atoms in total. The number of nitrogens with zero attached hydrogens (tertiary/aromatic N) is 6. The molecule has 0 radical (unpaired) electrons. The zero-order chi connectivity index (χ0) is 16.5. The first-order valence-electron chi connectivity index (χ1n) is 8.94. The van der Waals surface area contributed by atoms with Gasteiger partial charge in [-0.15, -0.1) is 0 Å². The Hall–Kier alpha value is -1.95. The average Bonchev–Trinajstić information content (AvgIpc) is 3.29. The van der Waals surface area contributed by atoms with Gasteiger partial charge in [0.2, 0.25) is 0 Å². The van der Waals surface area contributed by atoms with Gasteiger partial charge in [0.05, 0.1) is 6.33 Å². The molecule has 0 amide bonds. The van der Waals surface area contributed by atoms with Crippen LogP contribution in [0.25, 0.3) is 0 Å². The third-order valence-electron chi connectivity index (χ3n) is 5.38. The van der Waals surface area contributed by atoms with Gasteiger partial charge in [-0.05, 0) is 17.8 Å². The second kappa shape index (κ2) is 6.51. The molecule has 2 aliphatic rings. The van der Waals surface area contributed by atoms with Crippen LogP contribution in [0.4, 0.5) is 5.82 Å². The van der Waals surface area contributed by atoms with Gasteiger partial charge in [-0.3, -0.25) is 0 Å². The molecule has 0 spiro atoms. The van der Waals surface area contributed by atoms with E-state index in [0.717, 1.165) is 49.5 Å². The first-order valence-corrected chi connectivity index (χ1v) is 8.94. The van der Waals surface area contributed by atoms with Crippen molar-refractivity contribution >= 4 is 5.82 Å². The highest BCUT2D eigenvalue weighted by atomic mass is 15.3. The number of anilines is 1. The topological polar surface area (TPSA) is 50.1 Å². The monoisotopic (exact) mass is 326 g/mol. The molecular weight excluding hydrogens is 300 g/mol. The van der Waals surface area contributed by atoms with Crippen LogP contribution in [-0.4, -0.2) is 57.1 Å². The maximum absolute atomic E-state index is 4.51. The van der Waals surface area contributed by atoms with Gasteiger partial charge in [-0.25, -0.2) is 15.0 Å². The molecule has 24 heavy (non-hydrogen) atoms. The summed E-state index contributed by atoms with van der Waals surface area (Å²) in [6.45, 7) is 11.2. The molecule has 0 bridgehead atoms. The molecule has 0 aliphatic carbocycles. The van der Waals surface area contributed by atoms with Crippen molar-refractivity contribution < 1.29 is 0 Å². The molecule has 4 heterocycles. The molecule has 2 aliphatic heterocycles. The first-order chi connectivity index (χ1) is 11.7. The van der Waals surface area contributed by atoms with Gasteiger partial charge in [0.25, 0.3) is 0 Å². The summed E-state index contributed by atoms with van der Waals surface area (Å²) in [7, 11) is 0. The van der Waals surface area contributed by atoms with Crippen LogP contribution in [0.3, 0.4) is 0 Å². The molecule has 2 aromatic heterocycles. The fraction of sp³-hybridized carbons (Fsp3) is 0.611. The third-order valence-corrected chi connectivity index (χ3v) is 5.38. The van der Waals surface area contributed by atoms with E-state index in [4.69, 9.17) is 0 Å². The normalized spacial score (nSPS) is 24.0. The summed E-state index contributed by atoms with van der Waals surface area (Å²) < 4.78 is 2.16. The lowest BCUT2D eigenvalue weighted by Gasteiger charge is -2.22. The number of fused-ring (bicyclic) bond motifs is 1. The van der Waals surface area contributed by atoms with Crippen molar-refractivity contribution in [2.45, 2.75) is 26.3 Å². The van der Waals surface area contributed by atoms with E-state index in [1.165, 1.54) is 13.1 Å². The van der Waals surface area contributed by atoms with Gasteiger partial charge in [0.15, 0.2) is 0 Å². The van der Waals surface area contributed by atoms with Gasteiger partial charge in [0, 0.05) is 63.4 Å². The zero-order valence-electron chi connectivity index (χ0n) is 14.5. The molecule has 2 unspecified atom stereocenters. The Morgan fingerprint density at radius 2 is 1.88 bits per heavy atom. The third kappa shape index (κ3) is 3.15. The maximum Gasteiger partial charge on any atom is 0.132 e. The molecule has 2 fully saturated rings. The molecule has 0 aromatic carbocycles. The smallest absolute Gasteiger partial charge is 0.132 e. The van der Waals surface area contributed by atoms with Gasteiger partial charge in [-0.1, -0.05) is 13.8 Å². The van der Waals surface area contributed by atoms with Crippen LogP contribution in [0.2, 0.25) is 0 Å². The van der Waals surface area contributed by atoms with E-state index in [2.05, 4.69) is 49.2 Å². The van der Waals surface area contributed by atoms with Crippen LogP contribution in [-0.2, 0) is 6.54 Å². The van der Waals surface area contributed by atoms with Crippen molar-refractivity contribution in [3.63, 3.8) is 0 Å². The Kier molecular flexibility index (Phi) is 4.22. The molecule has 128 valence electrons. The SMILES string of the molecule is CC(C)c1cc(N2CC3CN(CCn4ccnc4)CC3C2)ncn1. The van der Waals surface area contributed by atoms with Crippen molar-refractivity contribution in [2.75, 3.05) is 37.6 Å². The van der Waals surface area contributed by atoms with Gasteiger partial charge >= 0.3 is 0 Å². The number of likely N-dealkylation sites (tertiary alicyclic amines) is 1. The predicted molar refractivity (Wildman–Crippen MR) is 94.0 cm³/mol. The zero-order valence-corrected chi connectivity index (χ0v) is 14.5. The van der Waals surface area contributed by atoms with E-state index < -0.39 is 0 Å². The summed E-state index contributed by atoms with van der Waals surface area (Å²) in [5.74, 6) is 3.09. The quantitative estimate of drug-likeness (QED) is 0.839. The Balaban J connectivity index is 1.33. The van der Waals surface area contributed by atoms with Crippen LogP contribution in [0.1, 0.15) is 25.5 Å². The van der Waals surface area contributed by atoms with Crippen molar-refractivity contribution in [1.82, 2.24) is 24.4 Å². The number of hydrogen-bond acceptors (Lipinski definition) is 5. The fourth-order valence-corrected chi connectivity index (χ4v) is 3.99. The lowest BCUT2D eigenvalue weighted by atomic mass is 10.0. The maximum atomic E-state index is 4.51.